The molecule has 0 saturated carbocycles. The SMILES string of the molecule is COCC(O)[C@@H](NC(=O)/C=C/c1ccccc1)C(=O)O. The number of hydrogen-bond donors (Lipinski definition) is 3. The summed E-state index contributed by atoms with van der Waals surface area (Å²) in [6.45, 7) is -0.181. The van der Waals surface area contributed by atoms with Crippen LogP contribution in [0.2, 0.25) is 0 Å². The van der Waals surface area contributed by atoms with E-state index < -0.39 is 24.0 Å². The lowest BCUT2D eigenvalue weighted by Crippen LogP contribution is -2.49. The summed E-state index contributed by atoms with van der Waals surface area (Å²) in [7, 11) is 1.33. The Balaban J connectivity index is 2.63. The van der Waals surface area contributed by atoms with Crippen LogP contribution in [0.25, 0.3) is 6.08 Å². The van der Waals surface area contributed by atoms with E-state index >= 15 is 0 Å². The van der Waals surface area contributed by atoms with Gasteiger partial charge in [0.15, 0.2) is 6.04 Å². The Morgan fingerprint density at radius 2 is 2.00 bits per heavy atom. The van der Waals surface area contributed by atoms with Crippen molar-refractivity contribution in [1.82, 2.24) is 5.32 Å². The normalized spacial score (nSPS) is 13.9. The Morgan fingerprint density at radius 1 is 1.35 bits per heavy atom. The Morgan fingerprint density at radius 3 is 2.55 bits per heavy atom. The lowest BCUT2D eigenvalue weighted by atomic mass is 10.1. The van der Waals surface area contributed by atoms with Crippen LogP contribution in [0.1, 0.15) is 5.56 Å². The molecule has 1 unspecified atom stereocenters. The molecule has 0 aliphatic rings. The molecule has 0 radical (unpaired) electrons. The first-order valence-corrected chi connectivity index (χ1v) is 5.98. The number of carbonyl (C=O) groups excluding carboxylic acids is 1. The number of ether oxygens (including phenoxy) is 1. The van der Waals surface area contributed by atoms with Crippen molar-refractivity contribution in [1.29, 1.82) is 0 Å². The number of benzene rings is 1. The Bertz CT molecular complexity index is 472. The van der Waals surface area contributed by atoms with Gasteiger partial charge in [-0.2, -0.15) is 0 Å². The average molecular weight is 279 g/mol. The van der Waals surface area contributed by atoms with Gasteiger partial charge >= 0.3 is 5.97 Å². The van der Waals surface area contributed by atoms with Crippen molar-refractivity contribution >= 4 is 18.0 Å². The van der Waals surface area contributed by atoms with E-state index in [1.165, 1.54) is 13.2 Å². The second kappa shape index (κ2) is 8.08. The van der Waals surface area contributed by atoms with Gasteiger partial charge in [-0.3, -0.25) is 4.79 Å². The number of nitrogens with one attached hydrogen (secondary N) is 1. The third kappa shape index (κ3) is 5.21. The zero-order valence-electron chi connectivity index (χ0n) is 11.0. The fourth-order valence-electron chi connectivity index (χ4n) is 1.53. The van der Waals surface area contributed by atoms with Crippen LogP contribution in [0.5, 0.6) is 0 Å². The van der Waals surface area contributed by atoms with Crippen LogP contribution in [0, 0.1) is 0 Å². The summed E-state index contributed by atoms with van der Waals surface area (Å²) < 4.78 is 4.66. The van der Waals surface area contributed by atoms with Gasteiger partial charge in [-0.25, -0.2) is 4.79 Å². The van der Waals surface area contributed by atoms with Crippen LogP contribution in [-0.4, -0.2) is 48.0 Å². The second-order valence-electron chi connectivity index (χ2n) is 4.09. The van der Waals surface area contributed by atoms with Gasteiger partial charge in [0, 0.05) is 13.2 Å². The molecule has 0 bridgehead atoms. The number of carboxylic acids is 1. The van der Waals surface area contributed by atoms with E-state index in [2.05, 4.69) is 10.1 Å². The molecule has 1 aromatic carbocycles. The maximum atomic E-state index is 11.6. The first kappa shape index (κ1) is 15.9. The molecule has 3 N–H and O–H groups in total. The predicted molar refractivity (Wildman–Crippen MR) is 72.9 cm³/mol. The van der Waals surface area contributed by atoms with Crippen molar-refractivity contribution in [3.63, 3.8) is 0 Å². The molecular formula is C14H17NO5. The highest BCUT2D eigenvalue weighted by Gasteiger charge is 2.27. The maximum Gasteiger partial charge on any atom is 0.329 e. The number of aliphatic hydroxyl groups is 1. The van der Waals surface area contributed by atoms with Gasteiger partial charge in [-0.05, 0) is 11.6 Å². The fourth-order valence-corrected chi connectivity index (χ4v) is 1.53. The van der Waals surface area contributed by atoms with Crippen LogP contribution >= 0.6 is 0 Å². The monoisotopic (exact) mass is 279 g/mol. The summed E-state index contributed by atoms with van der Waals surface area (Å²) in [5.41, 5.74) is 0.812. The van der Waals surface area contributed by atoms with Crippen LogP contribution < -0.4 is 5.32 Å². The van der Waals surface area contributed by atoms with E-state index in [0.29, 0.717) is 0 Å². The summed E-state index contributed by atoms with van der Waals surface area (Å²) in [5.74, 6) is -1.92. The molecule has 20 heavy (non-hydrogen) atoms. The van der Waals surface area contributed by atoms with Crippen LogP contribution in [-0.2, 0) is 14.3 Å². The molecule has 0 aliphatic carbocycles. The van der Waals surface area contributed by atoms with Gasteiger partial charge in [-0.1, -0.05) is 30.3 Å². The summed E-state index contributed by atoms with van der Waals surface area (Å²) >= 11 is 0. The first-order chi connectivity index (χ1) is 9.54. The minimum Gasteiger partial charge on any atom is -0.480 e. The third-order valence-corrected chi connectivity index (χ3v) is 2.51. The first-order valence-electron chi connectivity index (χ1n) is 5.98. The van der Waals surface area contributed by atoms with E-state index in [1.54, 1.807) is 18.2 Å². The number of aliphatic carboxylic acids is 1. The standard InChI is InChI=1S/C14H17NO5/c1-20-9-11(16)13(14(18)19)15-12(17)8-7-10-5-3-2-4-6-10/h2-8,11,13,16H,9H2,1H3,(H,15,17)(H,18,19)/b8-7+/t11?,13-/m1/s1. The Kier molecular flexibility index (Phi) is 6.42. The number of carbonyl (C=O) groups is 2. The largest absolute Gasteiger partial charge is 0.480 e. The molecular weight excluding hydrogens is 262 g/mol. The van der Waals surface area contributed by atoms with Gasteiger partial charge in [0.2, 0.25) is 5.91 Å². The van der Waals surface area contributed by atoms with E-state index in [1.807, 2.05) is 18.2 Å². The highest BCUT2D eigenvalue weighted by atomic mass is 16.5. The zero-order chi connectivity index (χ0) is 15.0. The van der Waals surface area contributed by atoms with Crippen molar-refractivity contribution in [2.45, 2.75) is 12.1 Å². The molecule has 1 aromatic rings. The van der Waals surface area contributed by atoms with Crippen molar-refractivity contribution < 1.29 is 24.5 Å². The topological polar surface area (TPSA) is 95.9 Å². The lowest BCUT2D eigenvalue weighted by molar-refractivity contribution is -0.145. The summed E-state index contributed by atoms with van der Waals surface area (Å²) in [6.07, 6.45) is 1.45. The highest BCUT2D eigenvalue weighted by molar-refractivity contribution is 5.94. The van der Waals surface area contributed by atoms with E-state index in [4.69, 9.17) is 5.11 Å². The fraction of sp³-hybridized carbons (Fsp3) is 0.286. The van der Waals surface area contributed by atoms with Crippen molar-refractivity contribution in [2.24, 2.45) is 0 Å². The Hall–Kier alpha value is -2.18. The molecule has 0 fully saturated rings. The van der Waals surface area contributed by atoms with E-state index in [0.717, 1.165) is 5.56 Å². The molecule has 0 heterocycles. The smallest absolute Gasteiger partial charge is 0.329 e. The molecule has 6 nitrogen and oxygen atoms in total. The summed E-state index contributed by atoms with van der Waals surface area (Å²) in [5, 5.41) is 20.7. The number of rotatable bonds is 7. The predicted octanol–water partition coefficient (Wildman–Crippen LogP) is 0.276. The van der Waals surface area contributed by atoms with Crippen LogP contribution in [0.3, 0.4) is 0 Å². The Labute approximate surface area is 116 Å². The minimum atomic E-state index is -1.41. The molecule has 0 saturated heterocycles. The van der Waals surface area contributed by atoms with Crippen molar-refractivity contribution in [3.8, 4) is 0 Å². The van der Waals surface area contributed by atoms with Crippen LogP contribution in [0.15, 0.2) is 36.4 Å². The number of carboxylic acid groups (broad SMARTS) is 1. The van der Waals surface area contributed by atoms with Gasteiger partial charge in [-0.15, -0.1) is 0 Å². The molecule has 108 valence electrons. The second-order valence-corrected chi connectivity index (χ2v) is 4.09. The summed E-state index contributed by atoms with van der Waals surface area (Å²) in [4.78, 5) is 22.6. The average Bonchev–Trinajstić information content (AvgIpc) is 2.43. The van der Waals surface area contributed by atoms with Crippen LogP contribution in [0.4, 0.5) is 0 Å². The van der Waals surface area contributed by atoms with E-state index in [9.17, 15) is 14.7 Å². The maximum absolute atomic E-state index is 11.6. The molecule has 6 heteroatoms. The number of methoxy groups -OCH3 is 1. The van der Waals surface area contributed by atoms with Crippen molar-refractivity contribution in [2.75, 3.05) is 13.7 Å². The number of hydrogen-bond acceptors (Lipinski definition) is 4. The van der Waals surface area contributed by atoms with Crippen molar-refractivity contribution in [3.05, 3.63) is 42.0 Å². The summed E-state index contributed by atoms with van der Waals surface area (Å²) in [6, 6.07) is 7.68. The molecule has 0 spiro atoms. The van der Waals surface area contributed by atoms with Gasteiger partial charge < -0.3 is 20.3 Å². The quantitative estimate of drug-likeness (QED) is 0.623. The highest BCUT2D eigenvalue weighted by Crippen LogP contribution is 2.01. The third-order valence-electron chi connectivity index (χ3n) is 2.51. The minimum absolute atomic E-state index is 0.181. The molecule has 0 aromatic heterocycles. The van der Waals surface area contributed by atoms with Gasteiger partial charge in [0.1, 0.15) is 6.10 Å². The van der Waals surface area contributed by atoms with E-state index in [-0.39, 0.29) is 6.61 Å². The van der Waals surface area contributed by atoms with Gasteiger partial charge in [0.05, 0.1) is 6.61 Å². The number of amides is 1. The number of aliphatic hydroxyl groups excluding tert-OH is 1. The molecule has 1 amide bonds. The molecule has 1 rings (SSSR count). The van der Waals surface area contributed by atoms with Gasteiger partial charge in [0.25, 0.3) is 0 Å². The molecule has 2 atom stereocenters. The molecule has 0 aliphatic heterocycles. The zero-order valence-corrected chi connectivity index (χ0v) is 11.0. The lowest BCUT2D eigenvalue weighted by Gasteiger charge is -2.18.